The molecule has 0 saturated heterocycles. The number of carbonyl (C=O) groups excluding carboxylic acids is 2. The number of ether oxygens (including phenoxy) is 2. The lowest BCUT2D eigenvalue weighted by molar-refractivity contribution is -0.143. The fraction of sp³-hybridized carbons (Fsp3) is 0.174. The van der Waals surface area contributed by atoms with Crippen molar-refractivity contribution < 1.29 is 19.1 Å². The molecule has 0 aliphatic heterocycles. The molecule has 3 rings (SSSR count). The molecule has 8 heteroatoms. The van der Waals surface area contributed by atoms with Gasteiger partial charge in [0.2, 0.25) is 5.88 Å². The number of benzene rings is 1. The first kappa shape index (κ1) is 22.1. The first-order chi connectivity index (χ1) is 15.1. The topological polar surface area (TPSA) is 90.7 Å². The molecule has 1 atom stereocenters. The van der Waals surface area contributed by atoms with Gasteiger partial charge in [0.1, 0.15) is 11.8 Å². The lowest BCUT2D eigenvalue weighted by Gasteiger charge is -2.11. The van der Waals surface area contributed by atoms with Crippen LogP contribution in [0.15, 0.2) is 72.0 Å². The van der Waals surface area contributed by atoms with Gasteiger partial charge in [0.05, 0.1) is 24.1 Å². The van der Waals surface area contributed by atoms with Crippen LogP contribution in [0, 0.1) is 5.92 Å². The molecule has 0 saturated carbocycles. The molecule has 1 unspecified atom stereocenters. The summed E-state index contributed by atoms with van der Waals surface area (Å²) >= 11 is 6.00. The van der Waals surface area contributed by atoms with E-state index >= 15 is 0 Å². The standard InChI is InChI=1S/C23H20ClN3O4/c1-2-30-23(29)19(21(28)18-9-6-12-25-22(18)24)14-26-17-10-11-20(27-13-17)31-15-16-7-4-3-5-8-16/h3-14,19H,2,15H2,1H3. The van der Waals surface area contributed by atoms with E-state index in [-0.39, 0.29) is 17.3 Å². The van der Waals surface area contributed by atoms with E-state index in [1.807, 2.05) is 30.3 Å². The first-order valence-electron chi connectivity index (χ1n) is 9.56. The number of rotatable bonds is 9. The van der Waals surface area contributed by atoms with E-state index in [0.29, 0.717) is 18.2 Å². The van der Waals surface area contributed by atoms with Gasteiger partial charge in [-0.25, -0.2) is 9.97 Å². The third kappa shape index (κ3) is 6.20. The second-order valence-electron chi connectivity index (χ2n) is 6.34. The molecule has 7 nitrogen and oxygen atoms in total. The predicted octanol–water partition coefficient (Wildman–Crippen LogP) is 4.47. The highest BCUT2D eigenvalue weighted by Gasteiger charge is 2.29. The second-order valence-corrected chi connectivity index (χ2v) is 6.70. The molecule has 31 heavy (non-hydrogen) atoms. The summed E-state index contributed by atoms with van der Waals surface area (Å²) in [6, 6.07) is 16.1. The smallest absolute Gasteiger partial charge is 0.322 e. The van der Waals surface area contributed by atoms with E-state index in [2.05, 4.69) is 15.0 Å². The molecule has 2 heterocycles. The van der Waals surface area contributed by atoms with Crippen molar-refractivity contribution in [2.75, 3.05) is 6.61 Å². The fourth-order valence-corrected chi connectivity index (χ4v) is 2.84. The minimum Gasteiger partial charge on any atom is -0.473 e. The molecule has 0 aliphatic rings. The third-order valence-electron chi connectivity index (χ3n) is 4.17. The molecular weight excluding hydrogens is 418 g/mol. The van der Waals surface area contributed by atoms with Crippen molar-refractivity contribution in [3.05, 3.63) is 83.3 Å². The van der Waals surface area contributed by atoms with Crippen molar-refractivity contribution in [2.45, 2.75) is 13.5 Å². The molecule has 0 N–H and O–H groups in total. The van der Waals surface area contributed by atoms with E-state index in [1.54, 1.807) is 25.1 Å². The lowest BCUT2D eigenvalue weighted by atomic mass is 10.00. The van der Waals surface area contributed by atoms with Crippen LogP contribution in [0.5, 0.6) is 5.88 Å². The van der Waals surface area contributed by atoms with Gasteiger partial charge in [-0.15, -0.1) is 0 Å². The van der Waals surface area contributed by atoms with Crippen LogP contribution in [0.3, 0.4) is 0 Å². The zero-order chi connectivity index (χ0) is 22.1. The van der Waals surface area contributed by atoms with E-state index in [0.717, 1.165) is 5.56 Å². The number of carbonyl (C=O) groups is 2. The number of nitrogens with zero attached hydrogens (tertiary/aromatic N) is 3. The monoisotopic (exact) mass is 437 g/mol. The number of aliphatic imine (C=N–C) groups is 1. The molecule has 3 aromatic rings. The van der Waals surface area contributed by atoms with Gasteiger partial charge in [0.15, 0.2) is 11.7 Å². The quantitative estimate of drug-likeness (QED) is 0.161. The summed E-state index contributed by atoms with van der Waals surface area (Å²) in [7, 11) is 0. The summed E-state index contributed by atoms with van der Waals surface area (Å²) in [5, 5.41) is 0.0109. The normalized spacial score (nSPS) is 11.8. The number of hydrogen-bond donors (Lipinski definition) is 0. The summed E-state index contributed by atoms with van der Waals surface area (Å²) in [6.45, 7) is 2.18. The maximum Gasteiger partial charge on any atom is 0.322 e. The number of Topliss-reactive ketones (excluding diaryl/α,β-unsaturated/α-hetero) is 1. The summed E-state index contributed by atoms with van der Waals surface area (Å²) in [6.07, 6.45) is 4.17. The molecule has 0 amide bonds. The Bertz CT molecular complexity index is 1060. The molecule has 0 bridgehead atoms. The van der Waals surface area contributed by atoms with Gasteiger partial charge in [-0.2, -0.15) is 0 Å². The SMILES string of the molecule is CCOC(=O)C(C=Nc1ccc(OCc2ccccc2)nc1)C(=O)c1cccnc1Cl. The predicted molar refractivity (Wildman–Crippen MR) is 117 cm³/mol. The van der Waals surface area contributed by atoms with Crippen LogP contribution in [0.4, 0.5) is 5.69 Å². The van der Waals surface area contributed by atoms with Crippen molar-refractivity contribution in [1.82, 2.24) is 9.97 Å². The Hall–Kier alpha value is -3.58. The Balaban J connectivity index is 1.71. The number of halogens is 1. The largest absolute Gasteiger partial charge is 0.473 e. The average Bonchev–Trinajstić information content (AvgIpc) is 2.79. The third-order valence-corrected chi connectivity index (χ3v) is 4.47. The molecular formula is C23H20ClN3O4. The highest BCUT2D eigenvalue weighted by Crippen LogP contribution is 2.19. The number of aromatic nitrogens is 2. The average molecular weight is 438 g/mol. The number of ketones is 1. The van der Waals surface area contributed by atoms with Crippen LogP contribution in [-0.4, -0.2) is 34.5 Å². The van der Waals surface area contributed by atoms with E-state index in [4.69, 9.17) is 21.1 Å². The number of hydrogen-bond acceptors (Lipinski definition) is 7. The summed E-state index contributed by atoms with van der Waals surface area (Å²) in [5.41, 5.74) is 1.60. The highest BCUT2D eigenvalue weighted by atomic mass is 35.5. The van der Waals surface area contributed by atoms with Crippen LogP contribution in [0.25, 0.3) is 0 Å². The van der Waals surface area contributed by atoms with Gasteiger partial charge >= 0.3 is 5.97 Å². The lowest BCUT2D eigenvalue weighted by Crippen LogP contribution is -2.28. The fourth-order valence-electron chi connectivity index (χ4n) is 2.63. The van der Waals surface area contributed by atoms with Gasteiger partial charge < -0.3 is 9.47 Å². The molecule has 1 aromatic carbocycles. The van der Waals surface area contributed by atoms with E-state index < -0.39 is 17.7 Å². The molecule has 0 radical (unpaired) electrons. The van der Waals surface area contributed by atoms with Crippen LogP contribution in [0.2, 0.25) is 5.15 Å². The Morgan fingerprint density at radius 2 is 1.90 bits per heavy atom. The Morgan fingerprint density at radius 3 is 2.58 bits per heavy atom. The van der Waals surface area contributed by atoms with Gasteiger partial charge in [0, 0.05) is 18.5 Å². The highest BCUT2D eigenvalue weighted by molar-refractivity contribution is 6.34. The van der Waals surface area contributed by atoms with Crippen molar-refractivity contribution in [1.29, 1.82) is 0 Å². The summed E-state index contributed by atoms with van der Waals surface area (Å²) in [5.74, 6) is -2.08. The summed E-state index contributed by atoms with van der Waals surface area (Å²) in [4.78, 5) is 37.5. The van der Waals surface area contributed by atoms with Gasteiger partial charge in [-0.1, -0.05) is 41.9 Å². The second kappa shape index (κ2) is 11.0. The van der Waals surface area contributed by atoms with Gasteiger partial charge in [-0.05, 0) is 30.7 Å². The van der Waals surface area contributed by atoms with Crippen molar-refractivity contribution in [3.63, 3.8) is 0 Å². The zero-order valence-corrected chi connectivity index (χ0v) is 17.5. The molecule has 2 aromatic heterocycles. The van der Waals surface area contributed by atoms with Crippen LogP contribution < -0.4 is 4.74 Å². The van der Waals surface area contributed by atoms with Gasteiger partial charge in [-0.3, -0.25) is 14.6 Å². The minimum atomic E-state index is -1.25. The first-order valence-corrected chi connectivity index (χ1v) is 9.94. The molecule has 158 valence electrons. The van der Waals surface area contributed by atoms with Crippen molar-refractivity contribution in [3.8, 4) is 5.88 Å². The van der Waals surface area contributed by atoms with Gasteiger partial charge in [0.25, 0.3) is 0 Å². The molecule has 0 spiro atoms. The van der Waals surface area contributed by atoms with E-state index in [1.165, 1.54) is 24.7 Å². The minimum absolute atomic E-state index is 0.0109. The number of pyridine rings is 2. The Morgan fingerprint density at radius 1 is 1.10 bits per heavy atom. The van der Waals surface area contributed by atoms with Crippen LogP contribution in [0.1, 0.15) is 22.8 Å². The van der Waals surface area contributed by atoms with Crippen molar-refractivity contribution in [2.24, 2.45) is 10.9 Å². The zero-order valence-electron chi connectivity index (χ0n) is 16.8. The maximum atomic E-state index is 12.8. The summed E-state index contributed by atoms with van der Waals surface area (Å²) < 4.78 is 10.7. The Labute approximate surface area is 184 Å². The maximum absolute atomic E-state index is 12.8. The number of esters is 1. The van der Waals surface area contributed by atoms with Crippen LogP contribution in [-0.2, 0) is 16.1 Å². The van der Waals surface area contributed by atoms with Crippen LogP contribution >= 0.6 is 11.6 Å². The Kier molecular flexibility index (Phi) is 7.84. The van der Waals surface area contributed by atoms with E-state index in [9.17, 15) is 9.59 Å². The molecule has 0 fully saturated rings. The molecule has 0 aliphatic carbocycles. The van der Waals surface area contributed by atoms with Crippen molar-refractivity contribution >= 4 is 35.3 Å².